The number of amides is 1. The zero-order valence-corrected chi connectivity index (χ0v) is 18.7. The molecule has 156 valence electrons. The van der Waals surface area contributed by atoms with Crippen LogP contribution in [0.15, 0.2) is 35.2 Å². The van der Waals surface area contributed by atoms with Crippen LogP contribution >= 0.6 is 15.9 Å². The number of hydrogen-bond acceptors (Lipinski definition) is 5. The summed E-state index contributed by atoms with van der Waals surface area (Å²) >= 11 is 3.45. The first kappa shape index (κ1) is 20.3. The third kappa shape index (κ3) is 3.87. The molecule has 4 heterocycles. The van der Waals surface area contributed by atoms with Crippen molar-refractivity contribution in [3.8, 4) is 11.3 Å². The smallest absolute Gasteiger partial charge is 0.271 e. The summed E-state index contributed by atoms with van der Waals surface area (Å²) < 4.78 is 6.48. The van der Waals surface area contributed by atoms with E-state index in [1.165, 1.54) is 0 Å². The van der Waals surface area contributed by atoms with Crippen LogP contribution in [0.3, 0.4) is 0 Å². The fraction of sp³-hybridized carbons (Fsp3) is 0.350. The maximum Gasteiger partial charge on any atom is 0.271 e. The van der Waals surface area contributed by atoms with Gasteiger partial charge in [-0.1, -0.05) is 0 Å². The van der Waals surface area contributed by atoms with Crippen LogP contribution in [0.4, 0.5) is 0 Å². The first-order chi connectivity index (χ1) is 14.5. The van der Waals surface area contributed by atoms with E-state index in [-0.39, 0.29) is 5.91 Å². The number of aromatic nitrogens is 7. The molecule has 0 radical (unpaired) electrons. The number of nitrogens with zero attached hydrogens (tertiary/aromatic N) is 7. The molecule has 0 unspecified atom stereocenters. The maximum absolute atomic E-state index is 12.6. The van der Waals surface area contributed by atoms with E-state index in [2.05, 4.69) is 48.5 Å². The molecule has 0 aliphatic rings. The lowest BCUT2D eigenvalue weighted by Crippen LogP contribution is -2.25. The van der Waals surface area contributed by atoms with Crippen molar-refractivity contribution in [1.82, 2.24) is 39.5 Å². The van der Waals surface area contributed by atoms with Gasteiger partial charge in [0.2, 0.25) is 0 Å². The van der Waals surface area contributed by atoms with Crippen molar-refractivity contribution in [1.29, 1.82) is 0 Å². The van der Waals surface area contributed by atoms with E-state index in [0.29, 0.717) is 17.9 Å². The van der Waals surface area contributed by atoms with Gasteiger partial charge in [0.25, 0.3) is 5.91 Å². The van der Waals surface area contributed by atoms with Crippen LogP contribution in [0.25, 0.3) is 16.9 Å². The third-order valence-electron chi connectivity index (χ3n) is 5.01. The highest BCUT2D eigenvalue weighted by Gasteiger charge is 2.16. The number of rotatable bonds is 7. The molecule has 4 aromatic heterocycles. The van der Waals surface area contributed by atoms with Gasteiger partial charge in [-0.3, -0.25) is 14.2 Å². The topological polar surface area (TPSA) is 94.9 Å². The van der Waals surface area contributed by atoms with Gasteiger partial charge < -0.3 is 5.32 Å². The van der Waals surface area contributed by atoms with Crippen LogP contribution in [0, 0.1) is 13.8 Å². The maximum atomic E-state index is 12.6. The van der Waals surface area contributed by atoms with Gasteiger partial charge in [0.05, 0.1) is 22.1 Å². The van der Waals surface area contributed by atoms with Crippen molar-refractivity contribution in [2.75, 3.05) is 6.54 Å². The van der Waals surface area contributed by atoms with Gasteiger partial charge in [-0.05, 0) is 49.2 Å². The number of halogens is 1. The lowest BCUT2D eigenvalue weighted by atomic mass is 10.2. The molecule has 0 aliphatic heterocycles. The van der Waals surface area contributed by atoms with E-state index in [1.54, 1.807) is 16.8 Å². The van der Waals surface area contributed by atoms with Crippen molar-refractivity contribution in [2.24, 2.45) is 0 Å². The zero-order valence-electron chi connectivity index (χ0n) is 17.1. The molecule has 0 aromatic carbocycles. The van der Waals surface area contributed by atoms with Crippen LogP contribution in [0.2, 0.25) is 0 Å². The van der Waals surface area contributed by atoms with Crippen LogP contribution in [0.1, 0.15) is 35.2 Å². The van der Waals surface area contributed by atoms with E-state index < -0.39 is 0 Å². The second-order valence-electron chi connectivity index (χ2n) is 7.02. The Kier molecular flexibility index (Phi) is 5.67. The van der Waals surface area contributed by atoms with Gasteiger partial charge in [-0.25, -0.2) is 9.50 Å². The minimum absolute atomic E-state index is 0.217. The van der Waals surface area contributed by atoms with Gasteiger partial charge in [0, 0.05) is 49.4 Å². The largest absolute Gasteiger partial charge is 0.351 e. The Morgan fingerprint density at radius 1 is 1.27 bits per heavy atom. The molecule has 9 nitrogen and oxygen atoms in total. The molecular formula is C20H23BrN8O. The lowest BCUT2D eigenvalue weighted by Gasteiger charge is -2.05. The van der Waals surface area contributed by atoms with Gasteiger partial charge in [0.15, 0.2) is 11.3 Å². The summed E-state index contributed by atoms with van der Waals surface area (Å²) in [5, 5.41) is 16.2. The Balaban J connectivity index is 1.46. The predicted octanol–water partition coefficient (Wildman–Crippen LogP) is 3.01. The normalized spacial score (nSPS) is 11.3. The summed E-state index contributed by atoms with van der Waals surface area (Å²) in [5.74, 6) is -0.217. The Bertz CT molecular complexity index is 1190. The average molecular weight is 471 g/mol. The number of hydrogen-bond donors (Lipinski definition) is 1. The van der Waals surface area contributed by atoms with Crippen molar-refractivity contribution in [3.63, 3.8) is 0 Å². The second kappa shape index (κ2) is 8.39. The molecule has 30 heavy (non-hydrogen) atoms. The van der Waals surface area contributed by atoms with Gasteiger partial charge >= 0.3 is 0 Å². The van der Waals surface area contributed by atoms with E-state index in [1.807, 2.05) is 41.7 Å². The summed E-state index contributed by atoms with van der Waals surface area (Å²) in [6.45, 7) is 8.07. The molecule has 0 saturated heterocycles. The first-order valence-electron chi connectivity index (χ1n) is 9.83. The molecule has 0 saturated carbocycles. The second-order valence-corrected chi connectivity index (χ2v) is 7.88. The summed E-state index contributed by atoms with van der Waals surface area (Å²) in [7, 11) is 0. The Hall–Kier alpha value is -3.01. The van der Waals surface area contributed by atoms with E-state index in [9.17, 15) is 4.79 Å². The Labute approximate surface area is 182 Å². The molecule has 4 rings (SSSR count). The zero-order chi connectivity index (χ0) is 21.3. The minimum Gasteiger partial charge on any atom is -0.351 e. The lowest BCUT2D eigenvalue weighted by molar-refractivity contribution is 0.0947. The fourth-order valence-corrected chi connectivity index (χ4v) is 3.68. The minimum atomic E-state index is -0.217. The highest BCUT2D eigenvalue weighted by Crippen LogP contribution is 2.23. The van der Waals surface area contributed by atoms with Crippen molar-refractivity contribution in [2.45, 2.75) is 40.3 Å². The molecule has 0 fully saturated rings. The monoisotopic (exact) mass is 470 g/mol. The molecule has 1 N–H and O–H groups in total. The van der Waals surface area contributed by atoms with E-state index in [0.717, 1.165) is 46.6 Å². The van der Waals surface area contributed by atoms with Gasteiger partial charge in [-0.2, -0.15) is 15.3 Å². The SMILES string of the molecule is CCn1ncc(-c2ccnc3cc(C(=O)NCCCn4cc(Br)c(C)n4)nn23)c1C. The standard InChI is InChI=1S/C20H23BrN8O/c1-4-28-14(3)15(11-24-28)18-6-8-22-19-10-17(26-29(18)19)20(30)23-7-5-9-27-12-16(21)13(2)25-27/h6,8,10-12H,4-5,7,9H2,1-3H3,(H,23,30). The molecule has 0 aliphatic carbocycles. The van der Waals surface area contributed by atoms with E-state index >= 15 is 0 Å². The van der Waals surface area contributed by atoms with Gasteiger partial charge in [-0.15, -0.1) is 0 Å². The summed E-state index contributed by atoms with van der Waals surface area (Å²) in [4.78, 5) is 16.9. The molecule has 0 atom stereocenters. The highest BCUT2D eigenvalue weighted by molar-refractivity contribution is 9.10. The van der Waals surface area contributed by atoms with Crippen LogP contribution in [-0.2, 0) is 13.1 Å². The summed E-state index contributed by atoms with van der Waals surface area (Å²) in [5.41, 5.74) is 4.79. The highest BCUT2D eigenvalue weighted by atomic mass is 79.9. The van der Waals surface area contributed by atoms with Crippen molar-refractivity contribution in [3.05, 3.63) is 52.3 Å². The van der Waals surface area contributed by atoms with Crippen molar-refractivity contribution >= 4 is 27.5 Å². The molecular weight excluding hydrogens is 448 g/mol. The van der Waals surface area contributed by atoms with Crippen LogP contribution in [0.5, 0.6) is 0 Å². The number of aryl methyl sites for hydroxylation is 3. The fourth-order valence-electron chi connectivity index (χ4n) is 3.37. The van der Waals surface area contributed by atoms with Gasteiger partial charge in [0.1, 0.15) is 0 Å². The van der Waals surface area contributed by atoms with Crippen LogP contribution < -0.4 is 5.32 Å². The van der Waals surface area contributed by atoms with Crippen molar-refractivity contribution < 1.29 is 4.79 Å². The summed E-state index contributed by atoms with van der Waals surface area (Å²) in [6, 6.07) is 3.59. The first-order valence-corrected chi connectivity index (χ1v) is 10.6. The molecule has 10 heteroatoms. The molecule has 1 amide bonds. The number of carbonyl (C=O) groups excluding carboxylic acids is 1. The number of carbonyl (C=O) groups is 1. The molecule has 4 aromatic rings. The molecule has 0 bridgehead atoms. The Morgan fingerprint density at radius 2 is 2.10 bits per heavy atom. The third-order valence-corrected chi connectivity index (χ3v) is 5.78. The summed E-state index contributed by atoms with van der Waals surface area (Å²) in [6.07, 6.45) is 6.26. The van der Waals surface area contributed by atoms with Crippen LogP contribution in [-0.4, -0.2) is 46.6 Å². The quantitative estimate of drug-likeness (QED) is 0.418. The number of nitrogens with one attached hydrogen (secondary N) is 1. The predicted molar refractivity (Wildman–Crippen MR) is 116 cm³/mol. The Morgan fingerprint density at radius 3 is 2.80 bits per heavy atom. The van der Waals surface area contributed by atoms with E-state index in [4.69, 9.17) is 0 Å². The number of fused-ring (bicyclic) bond motifs is 1. The average Bonchev–Trinajstić information content (AvgIpc) is 3.42. The molecule has 0 spiro atoms.